The molecule has 1 saturated carbocycles. The van der Waals surface area contributed by atoms with E-state index in [0.717, 1.165) is 25.6 Å². The predicted molar refractivity (Wildman–Crippen MR) is 74.4 cm³/mol. The average molecular weight is 241 g/mol. The van der Waals surface area contributed by atoms with Gasteiger partial charge in [-0.05, 0) is 38.1 Å². The standard InChI is InChI=1S/C15H31NO/c1-4-16-13-15(10-6-5-7-11-15)17-12-8-9-14(2)3/h14,16H,4-13H2,1-3H3. The Morgan fingerprint density at radius 1 is 1.18 bits per heavy atom. The molecule has 2 nitrogen and oxygen atoms in total. The molecular formula is C15H31NO. The smallest absolute Gasteiger partial charge is 0.0806 e. The van der Waals surface area contributed by atoms with E-state index in [1.165, 1.54) is 44.9 Å². The highest BCUT2D eigenvalue weighted by Crippen LogP contribution is 2.31. The highest BCUT2D eigenvalue weighted by molar-refractivity contribution is 4.86. The Labute approximate surface area is 108 Å². The van der Waals surface area contributed by atoms with Crippen LogP contribution in [0.15, 0.2) is 0 Å². The quantitative estimate of drug-likeness (QED) is 0.653. The molecule has 0 amide bonds. The van der Waals surface area contributed by atoms with Crippen LogP contribution in [0.4, 0.5) is 0 Å². The lowest BCUT2D eigenvalue weighted by atomic mass is 9.84. The van der Waals surface area contributed by atoms with Gasteiger partial charge in [0.1, 0.15) is 0 Å². The molecule has 1 rings (SSSR count). The number of likely N-dealkylation sites (N-methyl/N-ethyl adjacent to an activating group) is 1. The van der Waals surface area contributed by atoms with E-state index in [9.17, 15) is 0 Å². The first kappa shape index (κ1) is 15.0. The molecule has 0 bridgehead atoms. The van der Waals surface area contributed by atoms with Gasteiger partial charge in [-0.15, -0.1) is 0 Å². The van der Waals surface area contributed by atoms with E-state index in [1.54, 1.807) is 0 Å². The minimum atomic E-state index is 0.158. The van der Waals surface area contributed by atoms with Crippen molar-refractivity contribution < 1.29 is 4.74 Å². The van der Waals surface area contributed by atoms with Crippen molar-refractivity contribution >= 4 is 0 Å². The van der Waals surface area contributed by atoms with E-state index in [1.807, 2.05) is 0 Å². The third-order valence-corrected chi connectivity index (χ3v) is 3.80. The fourth-order valence-electron chi connectivity index (χ4n) is 2.70. The average Bonchev–Trinajstić information content (AvgIpc) is 2.33. The molecule has 1 aliphatic carbocycles. The van der Waals surface area contributed by atoms with Crippen LogP contribution in [0.1, 0.15) is 65.7 Å². The third kappa shape index (κ3) is 5.87. The summed E-state index contributed by atoms with van der Waals surface area (Å²) in [6.07, 6.45) is 9.08. The fraction of sp³-hybridized carbons (Fsp3) is 1.00. The van der Waals surface area contributed by atoms with Crippen LogP contribution in [0.5, 0.6) is 0 Å². The highest BCUT2D eigenvalue weighted by Gasteiger charge is 2.32. The number of hydrogen-bond donors (Lipinski definition) is 1. The van der Waals surface area contributed by atoms with Gasteiger partial charge < -0.3 is 10.1 Å². The molecule has 1 fully saturated rings. The van der Waals surface area contributed by atoms with Crippen LogP contribution >= 0.6 is 0 Å². The molecule has 1 N–H and O–H groups in total. The Kier molecular flexibility index (Phi) is 7.14. The number of nitrogens with one attached hydrogen (secondary N) is 1. The van der Waals surface area contributed by atoms with Crippen LogP contribution in [0, 0.1) is 5.92 Å². The van der Waals surface area contributed by atoms with E-state index in [2.05, 4.69) is 26.1 Å². The predicted octanol–water partition coefficient (Wildman–Crippen LogP) is 3.75. The Balaban J connectivity index is 2.29. The van der Waals surface area contributed by atoms with Crippen molar-refractivity contribution in [2.75, 3.05) is 19.7 Å². The van der Waals surface area contributed by atoms with Gasteiger partial charge in [-0.25, -0.2) is 0 Å². The molecule has 1 aliphatic rings. The molecule has 0 saturated heterocycles. The maximum absolute atomic E-state index is 6.26. The van der Waals surface area contributed by atoms with Gasteiger partial charge in [0.05, 0.1) is 5.60 Å². The van der Waals surface area contributed by atoms with Gasteiger partial charge in [-0.3, -0.25) is 0 Å². The summed E-state index contributed by atoms with van der Waals surface area (Å²) < 4.78 is 6.26. The molecule has 0 aromatic carbocycles. The zero-order chi connectivity index (χ0) is 12.6. The van der Waals surface area contributed by atoms with Crippen molar-refractivity contribution in [1.29, 1.82) is 0 Å². The SMILES string of the molecule is CCNCC1(OCCCC(C)C)CCCCC1. The third-order valence-electron chi connectivity index (χ3n) is 3.80. The summed E-state index contributed by atoms with van der Waals surface area (Å²) in [7, 11) is 0. The van der Waals surface area contributed by atoms with Crippen molar-refractivity contribution in [1.82, 2.24) is 5.32 Å². The Morgan fingerprint density at radius 3 is 2.47 bits per heavy atom. The zero-order valence-electron chi connectivity index (χ0n) is 12.1. The molecular weight excluding hydrogens is 210 g/mol. The molecule has 0 aliphatic heterocycles. The molecule has 0 aromatic rings. The second-order valence-corrected chi connectivity index (χ2v) is 5.91. The van der Waals surface area contributed by atoms with Gasteiger partial charge in [-0.2, -0.15) is 0 Å². The Bertz CT molecular complexity index is 185. The first-order valence-corrected chi connectivity index (χ1v) is 7.53. The number of hydrogen-bond acceptors (Lipinski definition) is 2. The topological polar surface area (TPSA) is 21.3 Å². The Morgan fingerprint density at radius 2 is 1.88 bits per heavy atom. The van der Waals surface area contributed by atoms with E-state index in [4.69, 9.17) is 4.74 Å². The van der Waals surface area contributed by atoms with Crippen molar-refractivity contribution in [3.8, 4) is 0 Å². The largest absolute Gasteiger partial charge is 0.374 e. The lowest BCUT2D eigenvalue weighted by molar-refractivity contribution is -0.0698. The highest BCUT2D eigenvalue weighted by atomic mass is 16.5. The van der Waals surface area contributed by atoms with Crippen molar-refractivity contribution in [2.24, 2.45) is 5.92 Å². The summed E-state index contributed by atoms with van der Waals surface area (Å²) in [5.74, 6) is 0.801. The summed E-state index contributed by atoms with van der Waals surface area (Å²) in [6.45, 7) is 9.80. The number of ether oxygens (including phenoxy) is 1. The second kappa shape index (κ2) is 8.10. The summed E-state index contributed by atoms with van der Waals surface area (Å²) in [6, 6.07) is 0. The number of rotatable bonds is 8. The normalized spacial score (nSPS) is 19.8. The summed E-state index contributed by atoms with van der Waals surface area (Å²) in [4.78, 5) is 0. The molecule has 2 heteroatoms. The van der Waals surface area contributed by atoms with Crippen LogP contribution in [-0.4, -0.2) is 25.3 Å². The molecule has 0 spiro atoms. The lowest BCUT2D eigenvalue weighted by Gasteiger charge is -2.37. The minimum absolute atomic E-state index is 0.158. The van der Waals surface area contributed by atoms with Crippen molar-refractivity contribution in [2.45, 2.75) is 71.3 Å². The molecule has 0 atom stereocenters. The molecule has 0 heterocycles. The van der Waals surface area contributed by atoms with Crippen molar-refractivity contribution in [3.63, 3.8) is 0 Å². The lowest BCUT2D eigenvalue weighted by Crippen LogP contribution is -2.45. The van der Waals surface area contributed by atoms with E-state index in [-0.39, 0.29) is 5.60 Å². The maximum atomic E-state index is 6.26. The first-order chi connectivity index (χ1) is 8.18. The van der Waals surface area contributed by atoms with Gasteiger partial charge >= 0.3 is 0 Å². The fourth-order valence-corrected chi connectivity index (χ4v) is 2.70. The molecule has 102 valence electrons. The summed E-state index contributed by atoms with van der Waals surface area (Å²) in [5, 5.41) is 3.48. The van der Waals surface area contributed by atoms with Crippen LogP contribution in [0.2, 0.25) is 0 Å². The molecule has 0 unspecified atom stereocenters. The maximum Gasteiger partial charge on any atom is 0.0806 e. The van der Waals surface area contributed by atoms with Gasteiger partial charge in [0.15, 0.2) is 0 Å². The van der Waals surface area contributed by atoms with E-state index < -0.39 is 0 Å². The monoisotopic (exact) mass is 241 g/mol. The van der Waals surface area contributed by atoms with E-state index in [0.29, 0.717) is 0 Å². The Hall–Kier alpha value is -0.0800. The van der Waals surface area contributed by atoms with Gasteiger partial charge in [0, 0.05) is 13.2 Å². The molecule has 0 radical (unpaired) electrons. The van der Waals surface area contributed by atoms with Crippen LogP contribution < -0.4 is 5.32 Å². The van der Waals surface area contributed by atoms with E-state index >= 15 is 0 Å². The van der Waals surface area contributed by atoms with Crippen LogP contribution in [-0.2, 0) is 4.74 Å². The summed E-state index contributed by atoms with van der Waals surface area (Å²) in [5.41, 5.74) is 0.158. The van der Waals surface area contributed by atoms with Gasteiger partial charge in [0.25, 0.3) is 0 Å². The van der Waals surface area contributed by atoms with Crippen LogP contribution in [0.3, 0.4) is 0 Å². The van der Waals surface area contributed by atoms with Crippen molar-refractivity contribution in [3.05, 3.63) is 0 Å². The molecule has 0 aromatic heterocycles. The first-order valence-electron chi connectivity index (χ1n) is 7.53. The molecule has 17 heavy (non-hydrogen) atoms. The van der Waals surface area contributed by atoms with Gasteiger partial charge in [0.2, 0.25) is 0 Å². The summed E-state index contributed by atoms with van der Waals surface area (Å²) >= 11 is 0. The minimum Gasteiger partial charge on any atom is -0.374 e. The second-order valence-electron chi connectivity index (χ2n) is 5.91. The van der Waals surface area contributed by atoms with Gasteiger partial charge in [-0.1, -0.05) is 40.0 Å². The van der Waals surface area contributed by atoms with Crippen LogP contribution in [0.25, 0.3) is 0 Å². The zero-order valence-corrected chi connectivity index (χ0v) is 12.1.